The molecule has 5 nitrogen and oxygen atoms in total. The predicted molar refractivity (Wildman–Crippen MR) is 71.1 cm³/mol. The quantitative estimate of drug-likeness (QED) is 0.310. The standard InChI is InChI=1S/C12H25NO4Si/c1-14-18(15-2)6-4-3-5-13(7-11-9-16-11)8-12-10-17-12/h11-12,18H,3-10H2,1-2H3. The molecule has 106 valence electrons. The first-order chi connectivity index (χ1) is 8.81. The summed E-state index contributed by atoms with van der Waals surface area (Å²) in [5, 5.41) is 0. The van der Waals surface area contributed by atoms with Gasteiger partial charge in [-0.3, -0.25) is 4.90 Å². The highest BCUT2D eigenvalue weighted by Crippen LogP contribution is 2.16. The maximum Gasteiger partial charge on any atom is 0.320 e. The SMILES string of the molecule is CO[SiH](CCCCN(CC1CO1)CC1CO1)OC. The summed E-state index contributed by atoms with van der Waals surface area (Å²) in [6.45, 7) is 5.13. The van der Waals surface area contributed by atoms with Gasteiger partial charge in [-0.1, -0.05) is 6.42 Å². The van der Waals surface area contributed by atoms with Gasteiger partial charge in [0.1, 0.15) is 0 Å². The molecule has 2 saturated heterocycles. The van der Waals surface area contributed by atoms with Crippen molar-refractivity contribution in [3.05, 3.63) is 0 Å². The molecule has 0 spiro atoms. The van der Waals surface area contributed by atoms with Crippen LogP contribution in [0.3, 0.4) is 0 Å². The number of hydrogen-bond donors (Lipinski definition) is 0. The molecule has 6 heteroatoms. The first-order valence-corrected chi connectivity index (χ1v) is 8.59. The Morgan fingerprint density at radius 1 is 1.06 bits per heavy atom. The second-order valence-electron chi connectivity index (χ2n) is 5.07. The Labute approximate surface area is 111 Å². The summed E-state index contributed by atoms with van der Waals surface area (Å²) < 4.78 is 21.2. The predicted octanol–water partition coefficient (Wildman–Crippen LogP) is 0.380. The largest absolute Gasteiger partial charge is 0.400 e. The van der Waals surface area contributed by atoms with Crippen LogP contribution in [0.5, 0.6) is 0 Å². The van der Waals surface area contributed by atoms with Gasteiger partial charge in [-0.05, 0) is 19.0 Å². The monoisotopic (exact) mass is 275 g/mol. The molecule has 2 aliphatic heterocycles. The summed E-state index contributed by atoms with van der Waals surface area (Å²) >= 11 is 0. The van der Waals surface area contributed by atoms with Gasteiger partial charge in [0.15, 0.2) is 0 Å². The maximum absolute atomic E-state index is 5.32. The first-order valence-electron chi connectivity index (χ1n) is 6.83. The average molecular weight is 275 g/mol. The number of epoxide rings is 2. The Morgan fingerprint density at radius 2 is 1.61 bits per heavy atom. The third kappa shape index (κ3) is 5.77. The van der Waals surface area contributed by atoms with Crippen molar-refractivity contribution in [2.24, 2.45) is 0 Å². The van der Waals surface area contributed by atoms with Crippen LogP contribution in [0.2, 0.25) is 6.04 Å². The number of ether oxygens (including phenoxy) is 2. The second kappa shape index (κ2) is 7.57. The highest BCUT2D eigenvalue weighted by molar-refractivity contribution is 6.44. The van der Waals surface area contributed by atoms with Crippen molar-refractivity contribution in [2.75, 3.05) is 47.1 Å². The number of unbranched alkanes of at least 4 members (excludes halogenated alkanes) is 1. The van der Waals surface area contributed by atoms with Gasteiger partial charge in [-0.2, -0.15) is 0 Å². The van der Waals surface area contributed by atoms with Crippen LogP contribution >= 0.6 is 0 Å². The van der Waals surface area contributed by atoms with E-state index < -0.39 is 9.28 Å². The van der Waals surface area contributed by atoms with E-state index in [2.05, 4.69) is 4.90 Å². The van der Waals surface area contributed by atoms with Crippen molar-refractivity contribution < 1.29 is 18.3 Å². The molecule has 2 rings (SSSR count). The van der Waals surface area contributed by atoms with E-state index in [1.54, 1.807) is 14.2 Å². The van der Waals surface area contributed by atoms with Crippen LogP contribution in [-0.4, -0.2) is 73.5 Å². The lowest BCUT2D eigenvalue weighted by molar-refractivity contribution is 0.216. The van der Waals surface area contributed by atoms with Crippen molar-refractivity contribution in [1.29, 1.82) is 0 Å². The zero-order valence-corrected chi connectivity index (χ0v) is 12.6. The third-order valence-electron chi connectivity index (χ3n) is 3.42. The summed E-state index contributed by atoms with van der Waals surface area (Å²) in [5.41, 5.74) is 0. The first kappa shape index (κ1) is 14.4. The molecule has 0 bridgehead atoms. The van der Waals surface area contributed by atoms with Crippen molar-refractivity contribution in [3.63, 3.8) is 0 Å². The summed E-state index contributed by atoms with van der Waals surface area (Å²) in [7, 11) is 2.15. The maximum atomic E-state index is 5.32. The number of rotatable bonds is 11. The van der Waals surface area contributed by atoms with Crippen LogP contribution in [-0.2, 0) is 18.3 Å². The zero-order chi connectivity index (χ0) is 12.8. The molecule has 0 N–H and O–H groups in total. The molecule has 0 aromatic heterocycles. The Hall–Kier alpha value is 0.0169. The van der Waals surface area contributed by atoms with Crippen LogP contribution in [0.25, 0.3) is 0 Å². The second-order valence-corrected chi connectivity index (χ2v) is 7.45. The van der Waals surface area contributed by atoms with Gasteiger partial charge in [-0.25, -0.2) is 0 Å². The Kier molecular flexibility index (Phi) is 6.07. The molecule has 2 aliphatic rings. The van der Waals surface area contributed by atoms with E-state index in [1.807, 2.05) is 0 Å². The molecular formula is C12H25NO4Si. The molecule has 2 heterocycles. The van der Waals surface area contributed by atoms with Crippen molar-refractivity contribution >= 4 is 9.28 Å². The fourth-order valence-corrected chi connectivity index (χ4v) is 3.44. The fourth-order valence-electron chi connectivity index (χ4n) is 2.16. The van der Waals surface area contributed by atoms with Crippen molar-refractivity contribution in [3.8, 4) is 0 Å². The molecule has 0 aliphatic carbocycles. The van der Waals surface area contributed by atoms with E-state index in [1.165, 1.54) is 12.8 Å². The van der Waals surface area contributed by atoms with Gasteiger partial charge < -0.3 is 18.3 Å². The summed E-state index contributed by atoms with van der Waals surface area (Å²) in [5.74, 6) is 0. The highest BCUT2D eigenvalue weighted by atomic mass is 28.3. The Balaban J connectivity index is 1.55. The van der Waals surface area contributed by atoms with E-state index >= 15 is 0 Å². The van der Waals surface area contributed by atoms with Crippen molar-refractivity contribution in [1.82, 2.24) is 4.90 Å². The normalized spacial score (nSPS) is 26.0. The molecule has 2 atom stereocenters. The minimum absolute atomic E-state index is 0.476. The molecule has 0 saturated carbocycles. The molecule has 18 heavy (non-hydrogen) atoms. The molecule has 2 unspecified atom stereocenters. The lowest BCUT2D eigenvalue weighted by Gasteiger charge is -2.20. The van der Waals surface area contributed by atoms with Crippen LogP contribution in [0.1, 0.15) is 12.8 Å². The number of hydrogen-bond acceptors (Lipinski definition) is 5. The minimum atomic E-state index is -1.36. The van der Waals surface area contributed by atoms with Gasteiger partial charge in [0.25, 0.3) is 0 Å². The summed E-state index contributed by atoms with van der Waals surface area (Å²) in [4.78, 5) is 2.48. The molecule has 0 aromatic rings. The van der Waals surface area contributed by atoms with E-state index in [4.69, 9.17) is 18.3 Å². The zero-order valence-electron chi connectivity index (χ0n) is 11.5. The molecule has 0 amide bonds. The summed E-state index contributed by atoms with van der Waals surface area (Å²) in [6, 6.07) is 1.10. The van der Waals surface area contributed by atoms with Gasteiger partial charge in [0, 0.05) is 27.3 Å². The number of nitrogens with zero attached hydrogens (tertiary/aromatic N) is 1. The lowest BCUT2D eigenvalue weighted by atomic mass is 10.3. The molecule has 0 aromatic carbocycles. The topological polar surface area (TPSA) is 46.8 Å². The third-order valence-corrected chi connectivity index (χ3v) is 5.35. The van der Waals surface area contributed by atoms with E-state index in [0.717, 1.165) is 38.9 Å². The van der Waals surface area contributed by atoms with E-state index in [-0.39, 0.29) is 0 Å². The molecule has 0 radical (unpaired) electrons. The van der Waals surface area contributed by atoms with Gasteiger partial charge >= 0.3 is 9.28 Å². The van der Waals surface area contributed by atoms with Crippen LogP contribution in [0.15, 0.2) is 0 Å². The van der Waals surface area contributed by atoms with Crippen molar-refractivity contribution in [2.45, 2.75) is 31.1 Å². The average Bonchev–Trinajstić information content (AvgIpc) is 3.25. The van der Waals surface area contributed by atoms with Gasteiger partial charge in [0.2, 0.25) is 0 Å². The van der Waals surface area contributed by atoms with E-state index in [0.29, 0.717) is 12.2 Å². The minimum Gasteiger partial charge on any atom is -0.400 e. The Bertz CT molecular complexity index is 218. The van der Waals surface area contributed by atoms with Gasteiger partial charge in [0.05, 0.1) is 25.4 Å². The van der Waals surface area contributed by atoms with Gasteiger partial charge in [-0.15, -0.1) is 0 Å². The molecule has 2 fully saturated rings. The lowest BCUT2D eigenvalue weighted by Crippen LogP contribution is -2.32. The van der Waals surface area contributed by atoms with Crippen LogP contribution in [0.4, 0.5) is 0 Å². The van der Waals surface area contributed by atoms with Crippen LogP contribution < -0.4 is 0 Å². The summed E-state index contributed by atoms with van der Waals surface area (Å²) in [6.07, 6.45) is 3.34. The van der Waals surface area contributed by atoms with Crippen LogP contribution in [0, 0.1) is 0 Å². The smallest absolute Gasteiger partial charge is 0.320 e. The molecular weight excluding hydrogens is 250 g/mol. The van der Waals surface area contributed by atoms with E-state index in [9.17, 15) is 0 Å². The fraction of sp³-hybridized carbons (Fsp3) is 1.00. The highest BCUT2D eigenvalue weighted by Gasteiger charge is 2.30. The Morgan fingerprint density at radius 3 is 2.06 bits per heavy atom.